The Morgan fingerprint density at radius 3 is 2.22 bits per heavy atom. The minimum Gasteiger partial charge on any atom is -0.507 e. The van der Waals surface area contributed by atoms with Crippen molar-refractivity contribution in [3.8, 4) is 34.1 Å². The Hall–Kier alpha value is -3.53. The van der Waals surface area contributed by atoms with E-state index in [4.69, 9.17) is 0 Å². The summed E-state index contributed by atoms with van der Waals surface area (Å²) in [6, 6.07) is 12.4. The molecule has 0 saturated heterocycles. The van der Waals surface area contributed by atoms with Gasteiger partial charge in [0, 0.05) is 16.8 Å². The molecule has 0 saturated carbocycles. The molecule has 0 unspecified atom stereocenters. The van der Waals surface area contributed by atoms with E-state index in [-0.39, 0.29) is 22.4 Å². The first kappa shape index (κ1) is 18.3. The highest BCUT2D eigenvalue weighted by atomic mass is 19.4. The molecule has 0 bridgehead atoms. The average Bonchev–Trinajstić information content (AvgIpc) is 2.61. The zero-order chi connectivity index (χ0) is 19.8. The van der Waals surface area contributed by atoms with Gasteiger partial charge in [0.15, 0.2) is 0 Å². The maximum atomic E-state index is 12.7. The highest BCUT2D eigenvalue weighted by molar-refractivity contribution is 5.80. The quantitative estimate of drug-likeness (QED) is 0.691. The molecular formula is C20H13F3N2O2. The zero-order valence-corrected chi connectivity index (χ0v) is 14.1. The molecular weight excluding hydrogens is 357 g/mol. The minimum absolute atomic E-state index is 0.146. The van der Waals surface area contributed by atoms with Crippen molar-refractivity contribution in [2.45, 2.75) is 13.1 Å². The molecule has 136 valence electrons. The fraction of sp³-hybridized carbons (Fsp3) is 0.100. The van der Waals surface area contributed by atoms with Crippen molar-refractivity contribution in [1.29, 1.82) is 5.26 Å². The minimum atomic E-state index is -4.43. The van der Waals surface area contributed by atoms with Gasteiger partial charge in [-0.15, -0.1) is 0 Å². The Labute approximate surface area is 152 Å². The first-order valence-corrected chi connectivity index (χ1v) is 7.86. The number of aromatic nitrogens is 1. The van der Waals surface area contributed by atoms with Gasteiger partial charge in [0.2, 0.25) is 0 Å². The maximum absolute atomic E-state index is 12.7. The van der Waals surface area contributed by atoms with Crippen LogP contribution in [0.25, 0.3) is 22.3 Å². The van der Waals surface area contributed by atoms with E-state index < -0.39 is 17.3 Å². The number of phenols is 1. The van der Waals surface area contributed by atoms with Gasteiger partial charge in [-0.2, -0.15) is 18.4 Å². The number of aromatic amines is 1. The molecule has 0 aliphatic carbocycles. The van der Waals surface area contributed by atoms with Crippen LogP contribution in [-0.4, -0.2) is 10.1 Å². The van der Waals surface area contributed by atoms with Gasteiger partial charge < -0.3 is 10.1 Å². The van der Waals surface area contributed by atoms with Crippen molar-refractivity contribution < 1.29 is 18.3 Å². The van der Waals surface area contributed by atoms with Crippen LogP contribution in [0.3, 0.4) is 0 Å². The van der Waals surface area contributed by atoms with Gasteiger partial charge in [-0.25, -0.2) is 0 Å². The van der Waals surface area contributed by atoms with Crippen LogP contribution >= 0.6 is 0 Å². The van der Waals surface area contributed by atoms with Gasteiger partial charge in [0.25, 0.3) is 5.56 Å². The van der Waals surface area contributed by atoms with Crippen LogP contribution < -0.4 is 5.56 Å². The summed E-state index contributed by atoms with van der Waals surface area (Å²) in [5.74, 6) is -0.146. The van der Waals surface area contributed by atoms with Crippen molar-refractivity contribution in [2.24, 2.45) is 0 Å². The van der Waals surface area contributed by atoms with Gasteiger partial charge >= 0.3 is 6.18 Å². The first-order valence-electron chi connectivity index (χ1n) is 7.86. The fourth-order valence-electron chi connectivity index (χ4n) is 2.80. The lowest BCUT2D eigenvalue weighted by Gasteiger charge is -2.11. The summed E-state index contributed by atoms with van der Waals surface area (Å²) in [6.45, 7) is 1.64. The molecule has 3 rings (SSSR count). The molecule has 0 atom stereocenters. The molecule has 7 heteroatoms. The number of nitrogens with one attached hydrogen (secondary N) is 1. The van der Waals surface area contributed by atoms with Crippen LogP contribution in [0.1, 0.15) is 16.8 Å². The van der Waals surface area contributed by atoms with E-state index in [1.165, 1.54) is 24.3 Å². The number of H-pyrrole nitrogens is 1. The van der Waals surface area contributed by atoms with E-state index in [0.29, 0.717) is 16.8 Å². The summed E-state index contributed by atoms with van der Waals surface area (Å²) in [5, 5.41) is 19.5. The molecule has 2 aromatic carbocycles. The molecule has 0 amide bonds. The third kappa shape index (κ3) is 3.55. The van der Waals surface area contributed by atoms with Crippen molar-refractivity contribution in [1.82, 2.24) is 4.98 Å². The Balaban J connectivity index is 2.14. The Kier molecular flexibility index (Phi) is 4.50. The number of alkyl halides is 3. The standard InChI is InChI=1S/C20H13F3N2O2/c1-11-8-15(17(10-24)19(27)25-11)16-9-13(4-7-18(16)26)12-2-5-14(6-3-12)20(21,22)23/h2-9,26H,1H3,(H,25,27). The van der Waals surface area contributed by atoms with Crippen LogP contribution in [0.4, 0.5) is 13.2 Å². The normalized spacial score (nSPS) is 11.2. The molecule has 0 aliphatic heterocycles. The Morgan fingerprint density at radius 2 is 1.63 bits per heavy atom. The number of benzene rings is 2. The lowest BCUT2D eigenvalue weighted by Crippen LogP contribution is -2.12. The average molecular weight is 370 g/mol. The predicted molar refractivity (Wildman–Crippen MR) is 94.1 cm³/mol. The molecule has 0 spiro atoms. The zero-order valence-electron chi connectivity index (χ0n) is 14.1. The van der Waals surface area contributed by atoms with Crippen LogP contribution in [0, 0.1) is 18.3 Å². The predicted octanol–water partition coefficient (Wildman–Crippen LogP) is 4.61. The number of rotatable bonds is 2. The van der Waals surface area contributed by atoms with E-state index in [2.05, 4.69) is 4.98 Å². The molecule has 2 N–H and O–H groups in total. The summed E-state index contributed by atoms with van der Waals surface area (Å²) in [5.41, 5.74) is 0.564. The number of pyridine rings is 1. The van der Waals surface area contributed by atoms with Crippen molar-refractivity contribution in [3.05, 3.63) is 75.7 Å². The summed E-state index contributed by atoms with van der Waals surface area (Å²) < 4.78 is 38.2. The highest BCUT2D eigenvalue weighted by Gasteiger charge is 2.30. The van der Waals surface area contributed by atoms with E-state index in [1.54, 1.807) is 19.1 Å². The SMILES string of the molecule is Cc1cc(-c2cc(-c3ccc(C(F)(F)F)cc3)ccc2O)c(C#N)c(=O)[nH]1. The third-order valence-corrected chi connectivity index (χ3v) is 4.11. The number of aromatic hydroxyl groups is 1. The molecule has 4 nitrogen and oxygen atoms in total. The van der Waals surface area contributed by atoms with Crippen LogP contribution in [0.5, 0.6) is 5.75 Å². The Bertz CT molecular complexity index is 1110. The molecule has 0 aliphatic rings. The number of halogens is 3. The van der Waals surface area contributed by atoms with E-state index in [0.717, 1.165) is 12.1 Å². The topological polar surface area (TPSA) is 76.9 Å². The second-order valence-electron chi connectivity index (χ2n) is 5.99. The largest absolute Gasteiger partial charge is 0.507 e. The summed E-state index contributed by atoms with van der Waals surface area (Å²) in [4.78, 5) is 14.5. The van der Waals surface area contributed by atoms with Gasteiger partial charge in [-0.3, -0.25) is 4.79 Å². The van der Waals surface area contributed by atoms with E-state index >= 15 is 0 Å². The third-order valence-electron chi connectivity index (χ3n) is 4.11. The number of hydrogen-bond donors (Lipinski definition) is 2. The first-order chi connectivity index (χ1) is 12.7. The number of phenolic OH excluding ortho intramolecular Hbond substituents is 1. The van der Waals surface area contributed by atoms with Gasteiger partial charge in [-0.05, 0) is 48.4 Å². The molecule has 27 heavy (non-hydrogen) atoms. The highest BCUT2D eigenvalue weighted by Crippen LogP contribution is 2.36. The summed E-state index contributed by atoms with van der Waals surface area (Å²) in [7, 11) is 0. The fourth-order valence-corrected chi connectivity index (χ4v) is 2.80. The smallest absolute Gasteiger partial charge is 0.416 e. The summed E-state index contributed by atoms with van der Waals surface area (Å²) in [6.07, 6.45) is -4.43. The van der Waals surface area contributed by atoms with Gasteiger partial charge in [-0.1, -0.05) is 18.2 Å². The Morgan fingerprint density at radius 1 is 1.00 bits per heavy atom. The van der Waals surface area contributed by atoms with E-state index in [1.807, 2.05) is 6.07 Å². The number of aryl methyl sites for hydroxylation is 1. The number of nitriles is 1. The van der Waals surface area contributed by atoms with E-state index in [9.17, 15) is 28.3 Å². The monoisotopic (exact) mass is 370 g/mol. The lowest BCUT2D eigenvalue weighted by molar-refractivity contribution is -0.137. The van der Waals surface area contributed by atoms with Crippen LogP contribution in [0.2, 0.25) is 0 Å². The van der Waals surface area contributed by atoms with Crippen molar-refractivity contribution >= 4 is 0 Å². The van der Waals surface area contributed by atoms with Gasteiger partial charge in [0.05, 0.1) is 5.56 Å². The molecule has 1 aromatic heterocycles. The molecule has 0 radical (unpaired) electrons. The van der Waals surface area contributed by atoms with Crippen molar-refractivity contribution in [3.63, 3.8) is 0 Å². The van der Waals surface area contributed by atoms with Gasteiger partial charge in [0.1, 0.15) is 17.4 Å². The molecule has 3 aromatic rings. The molecule has 0 fully saturated rings. The second kappa shape index (κ2) is 6.65. The lowest BCUT2D eigenvalue weighted by atomic mass is 9.95. The number of hydrogen-bond acceptors (Lipinski definition) is 3. The molecule has 1 heterocycles. The number of nitrogens with zero attached hydrogens (tertiary/aromatic N) is 1. The second-order valence-corrected chi connectivity index (χ2v) is 5.99. The van der Waals surface area contributed by atoms with Crippen LogP contribution in [0.15, 0.2) is 53.3 Å². The summed E-state index contributed by atoms with van der Waals surface area (Å²) >= 11 is 0. The van der Waals surface area contributed by atoms with Crippen molar-refractivity contribution in [2.75, 3.05) is 0 Å². The maximum Gasteiger partial charge on any atom is 0.416 e. The van der Waals surface area contributed by atoms with Crippen LogP contribution in [-0.2, 0) is 6.18 Å².